The lowest BCUT2D eigenvalue weighted by Gasteiger charge is -2.42. The van der Waals surface area contributed by atoms with E-state index in [9.17, 15) is 14.8 Å². The van der Waals surface area contributed by atoms with E-state index in [4.69, 9.17) is 25.2 Å². The van der Waals surface area contributed by atoms with E-state index < -0.39 is 17.7 Å². The molecule has 4 aliphatic rings. The van der Waals surface area contributed by atoms with E-state index in [1.165, 1.54) is 0 Å². The zero-order valence-electron chi connectivity index (χ0n) is 26.3. The van der Waals surface area contributed by atoms with E-state index in [0.717, 1.165) is 68.4 Å². The van der Waals surface area contributed by atoms with Gasteiger partial charge in [0.05, 0.1) is 46.9 Å². The zero-order chi connectivity index (χ0) is 32.6. The van der Waals surface area contributed by atoms with Crippen molar-refractivity contribution in [3.63, 3.8) is 0 Å². The van der Waals surface area contributed by atoms with Gasteiger partial charge in [0.15, 0.2) is 11.6 Å². The Morgan fingerprint density at radius 1 is 1.17 bits per heavy atom. The van der Waals surface area contributed by atoms with Crippen LogP contribution in [-0.2, 0) is 18.0 Å². The fraction of sp³-hybridized carbons (Fsp3) is 0.515. The fourth-order valence-corrected chi connectivity index (χ4v) is 9.02. The Hall–Kier alpha value is -3.74. The van der Waals surface area contributed by atoms with Gasteiger partial charge in [0, 0.05) is 48.7 Å². The summed E-state index contributed by atoms with van der Waals surface area (Å²) in [5.41, 5.74) is 7.86. The normalized spacial score (nSPS) is 23.6. The number of nitrogens with zero attached hydrogens (tertiary/aromatic N) is 7. The molecule has 4 atom stereocenters. The van der Waals surface area contributed by atoms with Crippen LogP contribution in [0.25, 0.3) is 32.2 Å². The second-order valence-electron chi connectivity index (χ2n) is 13.3. The van der Waals surface area contributed by atoms with E-state index >= 15 is 4.39 Å². The highest BCUT2D eigenvalue weighted by atomic mass is 32.1. The Balaban J connectivity index is 1.34. The molecule has 0 spiro atoms. The first kappa shape index (κ1) is 30.6. The zero-order valence-corrected chi connectivity index (χ0v) is 27.1. The number of benzene rings is 1. The quantitative estimate of drug-likeness (QED) is 0.295. The number of likely N-dealkylation sites (N-methyl/N-ethyl adjacent to an activating group) is 1. The van der Waals surface area contributed by atoms with Crippen molar-refractivity contribution < 1.29 is 23.4 Å². The van der Waals surface area contributed by atoms with E-state index in [1.54, 1.807) is 6.92 Å². The van der Waals surface area contributed by atoms with Crippen LogP contribution in [-0.4, -0.2) is 93.9 Å². The lowest BCUT2D eigenvalue weighted by Crippen LogP contribution is -2.55. The number of hydrogen-bond acceptors (Lipinski definition) is 12. The number of aromatic nitrogens is 3. The van der Waals surface area contributed by atoms with Gasteiger partial charge < -0.3 is 30.1 Å². The van der Waals surface area contributed by atoms with Gasteiger partial charge in [-0.2, -0.15) is 15.2 Å². The number of halogens is 2. The molecule has 0 radical (unpaired) electrons. The van der Waals surface area contributed by atoms with Gasteiger partial charge in [-0.05, 0) is 57.3 Å². The number of thiophene rings is 1. The molecule has 3 aromatic heterocycles. The Morgan fingerprint density at radius 3 is 2.64 bits per heavy atom. The molecular weight excluding hydrogens is 626 g/mol. The average molecular weight is 663 g/mol. The van der Waals surface area contributed by atoms with Gasteiger partial charge in [-0.15, -0.1) is 11.3 Å². The van der Waals surface area contributed by atoms with Crippen LogP contribution < -0.4 is 15.4 Å². The van der Waals surface area contributed by atoms with Crippen molar-refractivity contribution in [1.29, 1.82) is 5.26 Å². The first-order valence-corrected chi connectivity index (χ1v) is 17.0. The summed E-state index contributed by atoms with van der Waals surface area (Å²) in [6.45, 7) is 5.58. The van der Waals surface area contributed by atoms with Crippen LogP contribution >= 0.6 is 11.3 Å². The Kier molecular flexibility index (Phi) is 7.64. The largest absolute Gasteiger partial charge is 0.462 e. The molecule has 14 heteroatoms. The van der Waals surface area contributed by atoms with Gasteiger partial charge in [-0.3, -0.25) is 9.88 Å². The predicted octanol–water partition coefficient (Wildman–Crippen LogP) is 4.18. The lowest BCUT2D eigenvalue weighted by molar-refractivity contribution is 0.111. The minimum atomic E-state index is -0.648. The topological polar surface area (TPSA) is 137 Å². The summed E-state index contributed by atoms with van der Waals surface area (Å²) in [4.78, 5) is 20.9. The molecule has 0 saturated carbocycles. The van der Waals surface area contributed by atoms with Gasteiger partial charge in [-0.1, -0.05) is 0 Å². The summed E-state index contributed by atoms with van der Waals surface area (Å²) in [5, 5.41) is 21.0. The van der Waals surface area contributed by atoms with E-state index in [1.807, 2.05) is 0 Å². The van der Waals surface area contributed by atoms with Crippen LogP contribution in [0.2, 0.25) is 0 Å². The molecule has 2 unspecified atom stereocenters. The number of rotatable bonds is 7. The number of aliphatic hydroxyl groups excluding tert-OH is 1. The monoisotopic (exact) mass is 662 g/mol. The Labute approximate surface area is 274 Å². The molecule has 2 bridgehead atoms. The number of pyridine rings is 1. The standard InChI is InChI=1S/C33H36F2N8O3S/c1-16(44)10-42-11-17-5-6-18(12-42)43(17)32-26-22-15-45-14-21(22)24(28-25-20(8-36)31(37)47-30(25)23(34)9-38-28)27(35)29(26)39-33(40-32)46-13-19-4-3-7-41(19)2/h9,16-19,44H,3-7,10-15,37H2,1-2H3/t16-,17?,18?,19+/m1/s1. The van der Waals surface area contributed by atoms with Crippen molar-refractivity contribution in [2.45, 2.75) is 70.1 Å². The lowest BCUT2D eigenvalue weighted by atomic mass is 9.93. The number of β-amino-alcohol motifs (C(OH)–C–C–N with tert-alkyl or cyclic N) is 1. The molecule has 4 aromatic rings. The maximum absolute atomic E-state index is 17.3. The van der Waals surface area contributed by atoms with Crippen molar-refractivity contribution in [3.8, 4) is 23.3 Å². The van der Waals surface area contributed by atoms with E-state index in [0.29, 0.717) is 29.9 Å². The Morgan fingerprint density at radius 2 is 1.94 bits per heavy atom. The molecule has 3 saturated heterocycles. The van der Waals surface area contributed by atoms with Crippen molar-refractivity contribution in [3.05, 3.63) is 34.5 Å². The SMILES string of the molecule is C[C@@H](O)CN1CC2CCC(C1)N2c1nc(OC[C@@H]2CCCN2C)nc2c(F)c(-c3ncc(F)c4sc(N)c(C#N)c34)c3c(c12)COC3. The smallest absolute Gasteiger partial charge is 0.319 e. The molecule has 7 heterocycles. The highest BCUT2D eigenvalue weighted by Crippen LogP contribution is 2.48. The number of nitrogen functional groups attached to an aromatic ring is 1. The number of fused-ring (bicyclic) bond motifs is 6. The van der Waals surface area contributed by atoms with Gasteiger partial charge >= 0.3 is 6.01 Å². The minimum absolute atomic E-state index is 0.0684. The van der Waals surface area contributed by atoms with Crippen LogP contribution in [0.1, 0.15) is 49.3 Å². The highest BCUT2D eigenvalue weighted by molar-refractivity contribution is 7.23. The van der Waals surface area contributed by atoms with Crippen LogP contribution in [0, 0.1) is 23.0 Å². The van der Waals surface area contributed by atoms with Crippen molar-refractivity contribution >= 4 is 43.1 Å². The van der Waals surface area contributed by atoms with Crippen LogP contribution in [0.5, 0.6) is 6.01 Å². The second kappa shape index (κ2) is 11.7. The Bertz CT molecular complexity index is 1930. The van der Waals surface area contributed by atoms with Gasteiger partial charge in [0.1, 0.15) is 29.0 Å². The maximum atomic E-state index is 17.3. The number of nitrogens with two attached hydrogens (primary N) is 1. The van der Waals surface area contributed by atoms with Crippen LogP contribution in [0.3, 0.4) is 0 Å². The molecular formula is C33H36F2N8O3S. The average Bonchev–Trinajstić information content (AvgIpc) is 3.82. The highest BCUT2D eigenvalue weighted by Gasteiger charge is 2.43. The molecule has 246 valence electrons. The summed E-state index contributed by atoms with van der Waals surface area (Å²) in [6, 6.07) is 2.60. The minimum Gasteiger partial charge on any atom is -0.462 e. The molecule has 0 amide bonds. The van der Waals surface area contributed by atoms with Crippen molar-refractivity contribution in [2.24, 2.45) is 0 Å². The maximum Gasteiger partial charge on any atom is 0.319 e. The first-order chi connectivity index (χ1) is 22.7. The molecule has 0 aliphatic carbocycles. The molecule has 1 aromatic carbocycles. The third-order valence-corrected chi connectivity index (χ3v) is 11.2. The molecule has 4 aliphatic heterocycles. The summed E-state index contributed by atoms with van der Waals surface area (Å²) in [7, 11) is 2.07. The molecule has 11 nitrogen and oxygen atoms in total. The van der Waals surface area contributed by atoms with Gasteiger partial charge in [0.25, 0.3) is 0 Å². The second-order valence-corrected chi connectivity index (χ2v) is 14.3. The number of piperazine rings is 1. The van der Waals surface area contributed by atoms with E-state index in [2.05, 4.69) is 32.8 Å². The van der Waals surface area contributed by atoms with Crippen molar-refractivity contribution in [2.75, 3.05) is 50.5 Å². The number of nitriles is 1. The molecule has 3 fully saturated rings. The molecule has 3 N–H and O–H groups in total. The summed E-state index contributed by atoms with van der Waals surface area (Å²) in [6.07, 6.45) is 4.57. The van der Waals surface area contributed by atoms with Gasteiger partial charge in [-0.25, -0.2) is 8.78 Å². The van der Waals surface area contributed by atoms with Crippen LogP contribution in [0.15, 0.2) is 6.20 Å². The number of anilines is 2. The third-order valence-electron chi connectivity index (χ3n) is 10.2. The summed E-state index contributed by atoms with van der Waals surface area (Å²) >= 11 is 0.946. The number of likely N-dealkylation sites (tertiary alicyclic amines) is 2. The summed E-state index contributed by atoms with van der Waals surface area (Å²) in [5.74, 6) is -0.654. The number of hydrogen-bond donors (Lipinski definition) is 2. The fourth-order valence-electron chi connectivity index (χ4n) is 8.10. The van der Waals surface area contributed by atoms with Gasteiger partial charge in [0.2, 0.25) is 0 Å². The molecule has 8 rings (SSSR count). The van der Waals surface area contributed by atoms with Crippen LogP contribution in [0.4, 0.5) is 19.6 Å². The number of ether oxygens (including phenoxy) is 2. The first-order valence-electron chi connectivity index (χ1n) is 16.1. The molecule has 47 heavy (non-hydrogen) atoms. The van der Waals surface area contributed by atoms with E-state index in [-0.39, 0.29) is 74.8 Å². The summed E-state index contributed by atoms with van der Waals surface area (Å²) < 4.78 is 44.7. The predicted molar refractivity (Wildman–Crippen MR) is 174 cm³/mol. The number of aliphatic hydroxyl groups is 1. The van der Waals surface area contributed by atoms with Crippen molar-refractivity contribution in [1.82, 2.24) is 24.8 Å². The third kappa shape index (κ3) is 4.98.